The predicted octanol–water partition coefficient (Wildman–Crippen LogP) is 3.91. The molecule has 0 saturated heterocycles. The Kier molecular flexibility index (Phi) is 5.21. The van der Waals surface area contributed by atoms with E-state index in [0.717, 1.165) is 17.6 Å². The van der Waals surface area contributed by atoms with Gasteiger partial charge < -0.3 is 9.73 Å². The number of carbonyl (C=O) groups excluding carboxylic acids is 1. The number of benzene rings is 1. The minimum Gasteiger partial charge on any atom is -0.459 e. The number of rotatable bonds is 5. The molecule has 1 atom stereocenters. The maximum Gasteiger partial charge on any atom is 0.263 e. The predicted molar refractivity (Wildman–Crippen MR) is 105 cm³/mol. The fraction of sp³-hybridized carbons (Fsp3) is 0.263. The van der Waals surface area contributed by atoms with Crippen molar-refractivity contribution in [1.29, 1.82) is 0 Å². The van der Waals surface area contributed by atoms with E-state index >= 15 is 0 Å². The van der Waals surface area contributed by atoms with Crippen molar-refractivity contribution in [3.05, 3.63) is 58.3 Å². The normalized spacial score (nSPS) is 12.7. The second-order valence-electron chi connectivity index (χ2n) is 6.38. The molecule has 2 heterocycles. The van der Waals surface area contributed by atoms with Crippen molar-refractivity contribution in [3.8, 4) is 10.8 Å². The minimum absolute atomic E-state index is 0.223. The van der Waals surface area contributed by atoms with Crippen LogP contribution in [0.4, 0.5) is 0 Å². The third kappa shape index (κ3) is 4.28. The summed E-state index contributed by atoms with van der Waals surface area (Å²) < 4.78 is 28.7. The van der Waals surface area contributed by atoms with Gasteiger partial charge in [-0.3, -0.25) is 4.79 Å². The van der Waals surface area contributed by atoms with Gasteiger partial charge in [0.15, 0.2) is 20.6 Å². The number of nitrogens with zero attached hydrogens (tertiary/aromatic N) is 1. The molecule has 3 rings (SSSR count). The van der Waals surface area contributed by atoms with Crippen LogP contribution in [-0.4, -0.2) is 25.6 Å². The Morgan fingerprint density at radius 3 is 2.37 bits per heavy atom. The lowest BCUT2D eigenvalue weighted by Gasteiger charge is -2.14. The quantitative estimate of drug-likeness (QED) is 0.696. The molecule has 1 N–H and O–H groups in total. The van der Waals surface area contributed by atoms with Crippen molar-refractivity contribution < 1.29 is 17.6 Å². The number of aryl methyl sites for hydroxylation is 2. The van der Waals surface area contributed by atoms with Crippen LogP contribution in [0.15, 0.2) is 45.7 Å². The third-order valence-electron chi connectivity index (χ3n) is 4.11. The van der Waals surface area contributed by atoms with Gasteiger partial charge in [0.25, 0.3) is 5.91 Å². The number of nitrogens with one attached hydrogen (secondary N) is 1. The molecule has 6 nitrogen and oxygen atoms in total. The lowest BCUT2D eigenvalue weighted by molar-refractivity contribution is 0.0943. The van der Waals surface area contributed by atoms with Crippen molar-refractivity contribution in [3.63, 3.8) is 0 Å². The second kappa shape index (κ2) is 7.28. The van der Waals surface area contributed by atoms with Gasteiger partial charge in [0.05, 0.1) is 16.6 Å². The molecular formula is C19H20N2O4S2. The second-order valence-corrected chi connectivity index (χ2v) is 9.40. The number of hydrogen-bond acceptors (Lipinski definition) is 6. The van der Waals surface area contributed by atoms with E-state index in [-0.39, 0.29) is 16.8 Å². The lowest BCUT2D eigenvalue weighted by atomic mass is 10.1. The van der Waals surface area contributed by atoms with Crippen molar-refractivity contribution in [2.75, 3.05) is 6.26 Å². The van der Waals surface area contributed by atoms with Crippen LogP contribution >= 0.6 is 11.3 Å². The van der Waals surface area contributed by atoms with Crippen molar-refractivity contribution >= 4 is 27.1 Å². The van der Waals surface area contributed by atoms with Crippen LogP contribution in [0.2, 0.25) is 0 Å². The Bertz CT molecular complexity index is 1080. The van der Waals surface area contributed by atoms with Gasteiger partial charge in [0.2, 0.25) is 0 Å². The first-order chi connectivity index (χ1) is 12.6. The zero-order chi connectivity index (χ0) is 19.8. The summed E-state index contributed by atoms with van der Waals surface area (Å²) >= 11 is 1.28. The molecule has 0 fully saturated rings. The summed E-state index contributed by atoms with van der Waals surface area (Å²) in [6, 6.07) is 9.91. The van der Waals surface area contributed by atoms with Crippen LogP contribution in [-0.2, 0) is 9.84 Å². The van der Waals surface area contributed by atoms with E-state index in [2.05, 4.69) is 10.3 Å². The van der Waals surface area contributed by atoms with Gasteiger partial charge in [0.1, 0.15) is 10.6 Å². The summed E-state index contributed by atoms with van der Waals surface area (Å²) in [5.74, 6) is 1.21. The Morgan fingerprint density at radius 1 is 1.15 bits per heavy atom. The van der Waals surface area contributed by atoms with Crippen LogP contribution in [0.25, 0.3) is 10.8 Å². The highest BCUT2D eigenvalue weighted by molar-refractivity contribution is 7.90. The largest absolute Gasteiger partial charge is 0.459 e. The fourth-order valence-corrected chi connectivity index (χ4v) is 4.17. The van der Waals surface area contributed by atoms with Gasteiger partial charge in [0, 0.05) is 6.26 Å². The van der Waals surface area contributed by atoms with Gasteiger partial charge in [-0.15, -0.1) is 11.3 Å². The minimum atomic E-state index is -3.24. The van der Waals surface area contributed by atoms with Crippen LogP contribution in [0.3, 0.4) is 0 Å². The Hall–Kier alpha value is -2.45. The summed E-state index contributed by atoms with van der Waals surface area (Å²) in [7, 11) is -3.24. The highest BCUT2D eigenvalue weighted by Crippen LogP contribution is 2.29. The van der Waals surface area contributed by atoms with Gasteiger partial charge in [-0.05, 0) is 50.6 Å². The topological polar surface area (TPSA) is 89.3 Å². The smallest absolute Gasteiger partial charge is 0.263 e. The summed E-state index contributed by atoms with van der Waals surface area (Å²) in [4.78, 5) is 17.9. The SMILES string of the molecule is Cc1ccc(-c2nc(C)c(C(=O)NC(C)c3ccc(S(C)(=O)=O)cc3)s2)o1. The number of hydrogen-bond donors (Lipinski definition) is 1. The van der Waals surface area contributed by atoms with E-state index in [9.17, 15) is 13.2 Å². The zero-order valence-electron chi connectivity index (χ0n) is 15.4. The molecule has 0 spiro atoms. The van der Waals surface area contributed by atoms with Crippen molar-refractivity contribution in [2.24, 2.45) is 0 Å². The van der Waals surface area contributed by atoms with E-state index in [4.69, 9.17) is 4.42 Å². The third-order valence-corrected chi connectivity index (χ3v) is 6.41. The van der Waals surface area contributed by atoms with Crippen LogP contribution in [0, 0.1) is 13.8 Å². The summed E-state index contributed by atoms with van der Waals surface area (Å²) in [6.45, 7) is 5.49. The Balaban J connectivity index is 1.76. The fourth-order valence-electron chi connectivity index (χ4n) is 2.61. The molecule has 0 aliphatic heterocycles. The standard InChI is InChI=1S/C19H20N2O4S2/c1-11-5-10-16(25-11)19-21-13(3)17(26-19)18(22)20-12(2)14-6-8-15(9-7-14)27(4,23)24/h5-10,12H,1-4H3,(H,20,22). The van der Waals surface area contributed by atoms with E-state index < -0.39 is 9.84 Å². The number of furan rings is 1. The van der Waals surface area contributed by atoms with Gasteiger partial charge in [-0.25, -0.2) is 13.4 Å². The molecule has 2 aromatic heterocycles. The molecule has 0 radical (unpaired) electrons. The highest BCUT2D eigenvalue weighted by Gasteiger charge is 2.20. The number of aromatic nitrogens is 1. The summed E-state index contributed by atoms with van der Waals surface area (Å²) in [5.41, 5.74) is 1.46. The van der Waals surface area contributed by atoms with Gasteiger partial charge in [-0.2, -0.15) is 0 Å². The van der Waals surface area contributed by atoms with Crippen molar-refractivity contribution in [1.82, 2.24) is 10.3 Å². The molecule has 1 aromatic carbocycles. The van der Waals surface area contributed by atoms with Gasteiger partial charge >= 0.3 is 0 Å². The van der Waals surface area contributed by atoms with E-state index in [0.29, 0.717) is 21.3 Å². The number of sulfone groups is 1. The first-order valence-electron chi connectivity index (χ1n) is 8.30. The van der Waals surface area contributed by atoms with Gasteiger partial charge in [-0.1, -0.05) is 12.1 Å². The Labute approximate surface area is 162 Å². The monoisotopic (exact) mass is 404 g/mol. The molecule has 8 heteroatoms. The first-order valence-corrected chi connectivity index (χ1v) is 11.0. The molecule has 0 bridgehead atoms. The van der Waals surface area contributed by atoms with E-state index in [1.54, 1.807) is 31.2 Å². The lowest BCUT2D eigenvalue weighted by Crippen LogP contribution is -2.26. The maximum absolute atomic E-state index is 12.7. The summed E-state index contributed by atoms with van der Waals surface area (Å²) in [5, 5.41) is 3.60. The molecule has 0 aliphatic carbocycles. The maximum atomic E-state index is 12.7. The van der Waals surface area contributed by atoms with Crippen LogP contribution in [0.5, 0.6) is 0 Å². The van der Waals surface area contributed by atoms with E-state index in [1.165, 1.54) is 11.3 Å². The zero-order valence-corrected chi connectivity index (χ0v) is 17.1. The molecule has 0 aliphatic rings. The molecule has 0 saturated carbocycles. The number of amides is 1. The van der Waals surface area contributed by atoms with E-state index in [1.807, 2.05) is 26.0 Å². The molecule has 3 aromatic rings. The number of carbonyl (C=O) groups is 1. The van der Waals surface area contributed by atoms with Crippen LogP contribution < -0.4 is 5.32 Å². The number of thiazole rings is 1. The first kappa shape index (κ1) is 19.3. The average Bonchev–Trinajstić information content (AvgIpc) is 3.20. The molecule has 1 unspecified atom stereocenters. The molecule has 142 valence electrons. The molecule has 27 heavy (non-hydrogen) atoms. The highest BCUT2D eigenvalue weighted by atomic mass is 32.2. The Morgan fingerprint density at radius 2 is 1.81 bits per heavy atom. The van der Waals surface area contributed by atoms with Crippen molar-refractivity contribution in [2.45, 2.75) is 31.7 Å². The molecular weight excluding hydrogens is 384 g/mol. The average molecular weight is 405 g/mol. The molecule has 1 amide bonds. The summed E-state index contributed by atoms with van der Waals surface area (Å²) in [6.07, 6.45) is 1.16. The van der Waals surface area contributed by atoms with Crippen LogP contribution in [0.1, 0.15) is 39.7 Å².